The van der Waals surface area contributed by atoms with Gasteiger partial charge in [0.1, 0.15) is 11.9 Å². The molecule has 0 bridgehead atoms. The van der Waals surface area contributed by atoms with E-state index in [9.17, 15) is 14.0 Å². The second-order valence-electron chi connectivity index (χ2n) is 9.08. The van der Waals surface area contributed by atoms with Gasteiger partial charge in [0.2, 0.25) is 11.8 Å². The zero-order valence-corrected chi connectivity index (χ0v) is 21.0. The molecule has 0 aromatic heterocycles. The third kappa shape index (κ3) is 8.22. The highest BCUT2D eigenvalue weighted by molar-refractivity contribution is 6.31. The molecule has 0 aliphatic rings. The third-order valence-corrected chi connectivity index (χ3v) is 6.16. The first-order valence-electron chi connectivity index (χ1n) is 11.9. The Kier molecular flexibility index (Phi) is 9.86. The van der Waals surface area contributed by atoms with Crippen LogP contribution in [0.25, 0.3) is 0 Å². The number of hydrogen-bond donors (Lipinski definition) is 1. The Labute approximate surface area is 212 Å². The van der Waals surface area contributed by atoms with Crippen molar-refractivity contribution in [2.45, 2.75) is 45.7 Å². The van der Waals surface area contributed by atoms with E-state index in [4.69, 9.17) is 11.6 Å². The number of aryl methyl sites for hydroxylation is 1. The van der Waals surface area contributed by atoms with E-state index in [2.05, 4.69) is 5.32 Å². The van der Waals surface area contributed by atoms with Gasteiger partial charge >= 0.3 is 0 Å². The number of carbonyl (C=O) groups is 2. The Bertz CT molecular complexity index is 1100. The summed E-state index contributed by atoms with van der Waals surface area (Å²) in [6, 6.07) is 22.4. The molecule has 1 N–H and O–H groups in total. The van der Waals surface area contributed by atoms with Gasteiger partial charge in [-0.15, -0.1) is 0 Å². The standard InChI is InChI=1S/C29H32ClFN2O2/c1-21(2)19-32-29(35)27(18-22-8-4-3-5-9-22)33(20-23-12-15-25(31)16-13-23)28(34)17-14-24-10-6-7-11-26(24)30/h3-13,15-16,21,27H,14,17-20H2,1-2H3,(H,32,35)/t27-/m1/s1. The predicted octanol–water partition coefficient (Wildman–Crippen LogP) is 5.82. The van der Waals surface area contributed by atoms with Crippen molar-refractivity contribution in [3.63, 3.8) is 0 Å². The molecule has 0 aliphatic carbocycles. The highest BCUT2D eigenvalue weighted by Crippen LogP contribution is 2.20. The van der Waals surface area contributed by atoms with Crippen LogP contribution in [0.2, 0.25) is 5.02 Å². The molecule has 184 valence electrons. The van der Waals surface area contributed by atoms with Crippen molar-refractivity contribution in [2.75, 3.05) is 6.54 Å². The molecule has 0 fully saturated rings. The number of nitrogens with one attached hydrogen (secondary N) is 1. The quantitative estimate of drug-likeness (QED) is 0.365. The van der Waals surface area contributed by atoms with Crippen LogP contribution >= 0.6 is 11.6 Å². The van der Waals surface area contributed by atoms with Crippen LogP contribution in [-0.4, -0.2) is 29.3 Å². The Hall–Kier alpha value is -3.18. The molecule has 0 spiro atoms. The summed E-state index contributed by atoms with van der Waals surface area (Å²) in [7, 11) is 0. The molecule has 3 rings (SSSR count). The maximum atomic E-state index is 13.6. The van der Waals surface area contributed by atoms with Crippen molar-refractivity contribution in [3.8, 4) is 0 Å². The molecule has 1 atom stereocenters. The summed E-state index contributed by atoms with van der Waals surface area (Å²) < 4.78 is 13.5. The number of carbonyl (C=O) groups excluding carboxylic acids is 2. The van der Waals surface area contributed by atoms with Gasteiger partial charge in [-0.3, -0.25) is 9.59 Å². The first-order valence-corrected chi connectivity index (χ1v) is 12.3. The Morgan fingerprint density at radius 2 is 1.57 bits per heavy atom. The number of benzene rings is 3. The molecule has 2 amide bonds. The molecular weight excluding hydrogens is 463 g/mol. The zero-order chi connectivity index (χ0) is 25.2. The minimum atomic E-state index is -0.708. The molecule has 35 heavy (non-hydrogen) atoms. The van der Waals surface area contributed by atoms with Gasteiger partial charge in [-0.05, 0) is 47.2 Å². The molecule has 0 unspecified atom stereocenters. The van der Waals surface area contributed by atoms with Crippen molar-refractivity contribution in [2.24, 2.45) is 5.92 Å². The van der Waals surface area contributed by atoms with Gasteiger partial charge in [0.05, 0.1) is 0 Å². The summed E-state index contributed by atoms with van der Waals surface area (Å²) in [4.78, 5) is 28.6. The molecule has 0 saturated heterocycles. The molecule has 0 radical (unpaired) electrons. The lowest BCUT2D eigenvalue weighted by Crippen LogP contribution is -2.51. The molecule has 3 aromatic carbocycles. The van der Waals surface area contributed by atoms with Gasteiger partial charge in [0, 0.05) is 31.0 Å². The monoisotopic (exact) mass is 494 g/mol. The first-order chi connectivity index (χ1) is 16.8. The first kappa shape index (κ1) is 26.4. The third-order valence-electron chi connectivity index (χ3n) is 5.79. The SMILES string of the molecule is CC(C)CNC(=O)[C@@H](Cc1ccccc1)N(Cc1ccc(F)cc1)C(=O)CCc1ccccc1Cl. The van der Waals surface area contributed by atoms with Gasteiger partial charge < -0.3 is 10.2 Å². The molecule has 4 nitrogen and oxygen atoms in total. The van der Waals surface area contributed by atoms with Crippen molar-refractivity contribution < 1.29 is 14.0 Å². The second-order valence-corrected chi connectivity index (χ2v) is 9.49. The van der Waals surface area contributed by atoms with Crippen LogP contribution in [0.1, 0.15) is 37.0 Å². The van der Waals surface area contributed by atoms with Crippen molar-refractivity contribution in [1.29, 1.82) is 0 Å². The van der Waals surface area contributed by atoms with Crippen molar-refractivity contribution in [1.82, 2.24) is 10.2 Å². The van der Waals surface area contributed by atoms with Crippen molar-refractivity contribution >= 4 is 23.4 Å². The summed E-state index contributed by atoms with van der Waals surface area (Å²) in [5, 5.41) is 3.61. The summed E-state index contributed by atoms with van der Waals surface area (Å²) in [6.45, 7) is 4.77. The van der Waals surface area contributed by atoms with Crippen LogP contribution in [0.3, 0.4) is 0 Å². The summed E-state index contributed by atoms with van der Waals surface area (Å²) in [5.74, 6) is -0.427. The minimum absolute atomic E-state index is 0.158. The number of amides is 2. The van der Waals surface area contributed by atoms with Gasteiger partial charge in [-0.25, -0.2) is 4.39 Å². The maximum Gasteiger partial charge on any atom is 0.243 e. The van der Waals surface area contributed by atoms with E-state index in [-0.39, 0.29) is 36.5 Å². The average molecular weight is 495 g/mol. The molecule has 3 aromatic rings. The predicted molar refractivity (Wildman–Crippen MR) is 139 cm³/mol. The number of halogens is 2. The van der Waals surface area contributed by atoms with Gasteiger partial charge in [-0.1, -0.05) is 86.1 Å². The highest BCUT2D eigenvalue weighted by atomic mass is 35.5. The lowest BCUT2D eigenvalue weighted by Gasteiger charge is -2.32. The number of nitrogens with zero attached hydrogens (tertiary/aromatic N) is 1. The lowest BCUT2D eigenvalue weighted by molar-refractivity contribution is -0.141. The highest BCUT2D eigenvalue weighted by Gasteiger charge is 2.30. The van der Waals surface area contributed by atoms with E-state index >= 15 is 0 Å². The Morgan fingerprint density at radius 3 is 2.23 bits per heavy atom. The van der Waals surface area contributed by atoms with Crippen LogP contribution in [0, 0.1) is 11.7 Å². The smallest absolute Gasteiger partial charge is 0.243 e. The number of rotatable bonds is 11. The molecule has 0 heterocycles. The summed E-state index contributed by atoms with van der Waals surface area (Å²) >= 11 is 6.30. The van der Waals surface area contributed by atoms with Gasteiger partial charge in [0.15, 0.2) is 0 Å². The summed E-state index contributed by atoms with van der Waals surface area (Å²) in [5.41, 5.74) is 2.60. The largest absolute Gasteiger partial charge is 0.354 e. The Morgan fingerprint density at radius 1 is 0.914 bits per heavy atom. The normalized spacial score (nSPS) is 11.8. The van der Waals surface area contributed by atoms with Crippen LogP contribution in [-0.2, 0) is 29.0 Å². The number of hydrogen-bond acceptors (Lipinski definition) is 2. The topological polar surface area (TPSA) is 49.4 Å². The lowest BCUT2D eigenvalue weighted by atomic mass is 10.0. The summed E-state index contributed by atoms with van der Waals surface area (Å²) in [6.07, 6.45) is 1.04. The van der Waals surface area contributed by atoms with E-state index in [1.54, 1.807) is 23.1 Å². The van der Waals surface area contributed by atoms with Crippen LogP contribution in [0.5, 0.6) is 0 Å². The van der Waals surface area contributed by atoms with E-state index in [1.807, 2.05) is 62.4 Å². The van der Waals surface area contributed by atoms with Crippen LogP contribution in [0.15, 0.2) is 78.9 Å². The second kappa shape index (κ2) is 13.1. The van der Waals surface area contributed by atoms with Gasteiger partial charge in [-0.2, -0.15) is 0 Å². The van der Waals surface area contributed by atoms with Crippen LogP contribution in [0.4, 0.5) is 4.39 Å². The fourth-order valence-electron chi connectivity index (χ4n) is 3.85. The van der Waals surface area contributed by atoms with Crippen molar-refractivity contribution in [3.05, 3.63) is 106 Å². The molecule has 0 saturated carbocycles. The van der Waals surface area contributed by atoms with E-state index < -0.39 is 6.04 Å². The molecule has 0 aliphatic heterocycles. The Balaban J connectivity index is 1.90. The minimum Gasteiger partial charge on any atom is -0.354 e. The van der Waals surface area contributed by atoms with Gasteiger partial charge in [0.25, 0.3) is 0 Å². The molecule has 6 heteroatoms. The van der Waals surface area contributed by atoms with E-state index in [0.717, 1.165) is 16.7 Å². The van der Waals surface area contributed by atoms with E-state index in [0.29, 0.717) is 24.4 Å². The van der Waals surface area contributed by atoms with Crippen LogP contribution < -0.4 is 5.32 Å². The average Bonchev–Trinajstić information content (AvgIpc) is 2.85. The fourth-order valence-corrected chi connectivity index (χ4v) is 4.08. The van der Waals surface area contributed by atoms with E-state index in [1.165, 1.54) is 12.1 Å². The maximum absolute atomic E-state index is 13.6. The molecular formula is C29H32ClFN2O2. The zero-order valence-electron chi connectivity index (χ0n) is 20.2. The fraction of sp³-hybridized carbons (Fsp3) is 0.310.